The summed E-state index contributed by atoms with van der Waals surface area (Å²) in [6.07, 6.45) is 12.7. The molecule has 39 heavy (non-hydrogen) atoms. The van der Waals surface area contributed by atoms with Gasteiger partial charge in [0.1, 0.15) is 0 Å². The third kappa shape index (κ3) is 5.56. The van der Waals surface area contributed by atoms with Crippen LogP contribution in [0.5, 0.6) is 0 Å². The highest BCUT2D eigenvalue weighted by Crippen LogP contribution is 2.62. The van der Waals surface area contributed by atoms with Gasteiger partial charge in [0.05, 0.1) is 45.4 Å². The first-order valence-corrected chi connectivity index (χ1v) is 28.5. The molecule has 3 aliphatic heterocycles. The van der Waals surface area contributed by atoms with E-state index < -0.39 is 32.3 Å². The number of carbonyl (C=O) groups excluding carboxylic acids is 1. The maximum Gasteiger partial charge on any atom is 0.330 e. The van der Waals surface area contributed by atoms with Gasteiger partial charge in [-0.05, 0) is 70.3 Å². The number of ether oxygens (including phenoxy) is 4. The summed E-state index contributed by atoms with van der Waals surface area (Å²) in [6, 6.07) is 1.05. The summed E-state index contributed by atoms with van der Waals surface area (Å²) in [4.78, 5) is 11.7. The van der Waals surface area contributed by atoms with Crippen LogP contribution in [0.15, 0.2) is 12.7 Å². The van der Waals surface area contributed by atoms with Crippen LogP contribution >= 0.6 is 0 Å². The lowest BCUT2D eigenvalue weighted by Crippen LogP contribution is -2.95. The number of carbonyl (C=O) groups is 1. The largest absolute Gasteiger partial charge is 0.463 e. The van der Waals surface area contributed by atoms with Gasteiger partial charge in [-0.3, -0.25) is 0 Å². The van der Waals surface area contributed by atoms with Crippen molar-refractivity contribution in [2.24, 2.45) is 0 Å². The molecule has 3 rings (SSSR count). The second-order valence-electron chi connectivity index (χ2n) is 15.5. The first-order valence-electron chi connectivity index (χ1n) is 15.8. The summed E-state index contributed by atoms with van der Waals surface area (Å²) in [5, 5.41) is 0. The molecule has 0 aromatic heterocycles. The van der Waals surface area contributed by atoms with Crippen LogP contribution in [0.25, 0.3) is 0 Å². The zero-order valence-corrected chi connectivity index (χ0v) is 30.9. The van der Waals surface area contributed by atoms with Gasteiger partial charge in [0.2, 0.25) is 0 Å². The molecule has 226 valence electrons. The molecule has 0 aliphatic carbocycles. The number of rotatable bonds is 11. The number of esters is 1. The molecule has 3 heterocycles. The van der Waals surface area contributed by atoms with Crippen molar-refractivity contribution in [2.45, 2.75) is 144 Å². The second-order valence-corrected chi connectivity index (χ2v) is 37.7. The van der Waals surface area contributed by atoms with Gasteiger partial charge < -0.3 is 18.9 Å². The minimum atomic E-state index is -2.73. The second kappa shape index (κ2) is 12.3. The Kier molecular flexibility index (Phi) is 10.5. The fourth-order valence-corrected chi connectivity index (χ4v) is 41.6. The smallest absolute Gasteiger partial charge is 0.330 e. The lowest BCUT2D eigenvalue weighted by atomic mass is 10.2. The van der Waals surface area contributed by atoms with Gasteiger partial charge in [-0.1, -0.05) is 65.5 Å². The molecule has 3 fully saturated rings. The fraction of sp³-hybridized carbons (Fsp3) is 0.900. The van der Waals surface area contributed by atoms with Crippen molar-refractivity contribution in [3.05, 3.63) is 12.7 Å². The van der Waals surface area contributed by atoms with E-state index in [1.165, 1.54) is 25.3 Å². The summed E-state index contributed by atoms with van der Waals surface area (Å²) in [5.41, 5.74) is 0. The predicted octanol–water partition coefficient (Wildman–Crippen LogP) is 7.62. The average Bonchev–Trinajstić information content (AvgIpc) is 2.88. The molecule has 3 aliphatic rings. The highest BCUT2D eigenvalue weighted by atomic mass is 28.4. The molecule has 0 aromatic rings. The van der Waals surface area contributed by atoms with Crippen molar-refractivity contribution in [3.63, 3.8) is 0 Å². The highest BCUT2D eigenvalue weighted by Gasteiger charge is 2.81. The maximum atomic E-state index is 12.1. The molecule has 0 amide bonds. The molecule has 3 unspecified atom stereocenters. The van der Waals surface area contributed by atoms with Crippen LogP contribution in [0, 0.1) is 0 Å². The van der Waals surface area contributed by atoms with E-state index in [9.17, 15) is 4.79 Å². The molecule has 5 nitrogen and oxygen atoms in total. The Balaban J connectivity index is 2.47. The number of hydrogen-bond acceptors (Lipinski definition) is 5. The average molecular weight is 613 g/mol. The number of hydrogen-bond donors (Lipinski definition) is 0. The van der Waals surface area contributed by atoms with Crippen LogP contribution in [0.1, 0.15) is 64.2 Å². The van der Waals surface area contributed by atoms with E-state index in [0.29, 0.717) is 6.61 Å². The van der Waals surface area contributed by atoms with Gasteiger partial charge in [-0.25, -0.2) is 4.79 Å². The van der Waals surface area contributed by atoms with E-state index in [2.05, 4.69) is 65.5 Å². The van der Waals surface area contributed by atoms with Crippen molar-refractivity contribution >= 4 is 38.3 Å². The topological polar surface area (TPSA) is 54.0 Å². The molecule has 9 heteroatoms. The lowest BCUT2D eigenvalue weighted by Gasteiger charge is -2.74. The van der Waals surface area contributed by atoms with E-state index in [4.69, 9.17) is 18.9 Å². The Labute approximate surface area is 244 Å². The van der Waals surface area contributed by atoms with E-state index in [-0.39, 0.29) is 20.5 Å². The van der Waals surface area contributed by atoms with E-state index in [0.717, 1.165) is 70.8 Å². The van der Waals surface area contributed by atoms with E-state index in [1.54, 1.807) is 0 Å². The van der Waals surface area contributed by atoms with Gasteiger partial charge in [-0.15, -0.1) is 0 Å². The van der Waals surface area contributed by atoms with Crippen LogP contribution in [-0.4, -0.2) is 79.2 Å². The zero-order valence-electron chi connectivity index (χ0n) is 26.9. The molecule has 0 N–H and O–H groups in total. The summed E-state index contributed by atoms with van der Waals surface area (Å²) >= 11 is 0. The van der Waals surface area contributed by atoms with Gasteiger partial charge in [-0.2, -0.15) is 0 Å². The van der Waals surface area contributed by atoms with E-state index in [1.807, 2.05) is 0 Å². The SMILES string of the molecule is C=CC(=O)OCCC[Si](C1([Si](C)(C)C)CCCCO1)(C1([Si](C)(C)C)CCCCO1)C1([Si](C)(C)C)CCCCO1. The monoisotopic (exact) mass is 612 g/mol. The van der Waals surface area contributed by atoms with Gasteiger partial charge in [0.25, 0.3) is 0 Å². The minimum Gasteiger partial charge on any atom is -0.463 e. The van der Waals surface area contributed by atoms with Crippen LogP contribution in [0.4, 0.5) is 0 Å². The Morgan fingerprint density at radius 1 is 0.692 bits per heavy atom. The fourth-order valence-electron chi connectivity index (χ4n) is 9.24. The Morgan fingerprint density at radius 3 is 1.31 bits per heavy atom. The molecule has 0 radical (unpaired) electrons. The van der Waals surface area contributed by atoms with Crippen LogP contribution in [0.2, 0.25) is 65.0 Å². The zero-order chi connectivity index (χ0) is 29.2. The summed E-state index contributed by atoms with van der Waals surface area (Å²) in [7, 11) is -8.58. The first-order chi connectivity index (χ1) is 18.1. The van der Waals surface area contributed by atoms with Crippen molar-refractivity contribution in [2.75, 3.05) is 26.4 Å². The summed E-state index contributed by atoms with van der Waals surface area (Å²) in [5.74, 6) is -0.321. The van der Waals surface area contributed by atoms with Crippen LogP contribution < -0.4 is 0 Å². The standard InChI is InChI=1S/C30H60O5Si4/c1-11-27(31)32-22-18-26-39(28(36(2,3)4)19-12-15-23-33-28,29(37(5,6)7)20-13-16-24-34-29)30(38(8,9)10)21-14-17-25-35-30/h11H,1,12-26H2,2-10H3. The molecule has 0 saturated carbocycles. The maximum absolute atomic E-state index is 12.1. The Hall–Kier alpha value is -0.0425. The van der Waals surface area contributed by atoms with Crippen LogP contribution in [-0.2, 0) is 23.7 Å². The minimum absolute atomic E-state index is 0.143. The van der Waals surface area contributed by atoms with Crippen molar-refractivity contribution in [1.29, 1.82) is 0 Å². The molecule has 0 aromatic carbocycles. The Morgan fingerprint density at radius 2 is 1.05 bits per heavy atom. The Bertz CT molecular complexity index is 749. The molecule has 0 bridgehead atoms. The molecule has 3 atom stereocenters. The van der Waals surface area contributed by atoms with Gasteiger partial charge in [0, 0.05) is 25.9 Å². The normalized spacial score (nSPS) is 32.7. The third-order valence-electron chi connectivity index (χ3n) is 10.6. The lowest BCUT2D eigenvalue weighted by molar-refractivity contribution is -0.137. The summed E-state index contributed by atoms with van der Waals surface area (Å²) < 4.78 is 28.3. The van der Waals surface area contributed by atoms with Crippen molar-refractivity contribution in [3.8, 4) is 0 Å². The molecular weight excluding hydrogens is 553 g/mol. The molecule has 0 spiro atoms. The highest BCUT2D eigenvalue weighted by molar-refractivity contribution is 7.15. The van der Waals surface area contributed by atoms with Gasteiger partial charge in [0.15, 0.2) is 8.07 Å². The summed E-state index contributed by atoms with van der Waals surface area (Å²) in [6.45, 7) is 29.9. The predicted molar refractivity (Wildman–Crippen MR) is 174 cm³/mol. The van der Waals surface area contributed by atoms with Crippen LogP contribution in [0.3, 0.4) is 0 Å². The first kappa shape index (κ1) is 33.5. The van der Waals surface area contributed by atoms with E-state index >= 15 is 0 Å². The van der Waals surface area contributed by atoms with Crippen molar-refractivity contribution < 1.29 is 23.7 Å². The van der Waals surface area contributed by atoms with Gasteiger partial charge >= 0.3 is 5.97 Å². The molecular formula is C30H60O5Si4. The third-order valence-corrected chi connectivity index (χ3v) is 36.1. The molecule has 3 saturated heterocycles. The van der Waals surface area contributed by atoms with Crippen molar-refractivity contribution in [1.82, 2.24) is 0 Å². The quantitative estimate of drug-likeness (QED) is 0.104.